The summed E-state index contributed by atoms with van der Waals surface area (Å²) in [5.74, 6) is -1.45. The van der Waals surface area contributed by atoms with E-state index in [1.165, 1.54) is 4.90 Å². The average molecular weight is 778 g/mol. The molecular formula is C41H55N5O8S. The molecule has 5 aliphatic rings. The number of hydrogen-bond acceptors (Lipinski definition) is 9. The van der Waals surface area contributed by atoms with Crippen molar-refractivity contribution >= 4 is 44.7 Å². The Morgan fingerprint density at radius 1 is 1.09 bits per heavy atom. The van der Waals surface area contributed by atoms with Gasteiger partial charge >= 0.3 is 6.09 Å². The molecule has 2 saturated carbocycles. The molecule has 0 radical (unpaired) electrons. The molecule has 3 N–H and O–H groups in total. The van der Waals surface area contributed by atoms with Crippen molar-refractivity contribution in [2.75, 3.05) is 13.2 Å². The van der Waals surface area contributed by atoms with Crippen LogP contribution in [0.15, 0.2) is 30.4 Å². The summed E-state index contributed by atoms with van der Waals surface area (Å²) in [6.45, 7) is 9.65. The van der Waals surface area contributed by atoms with Gasteiger partial charge < -0.3 is 25.0 Å². The number of amides is 4. The predicted molar refractivity (Wildman–Crippen MR) is 207 cm³/mol. The number of carbonyl (C=O) groups is 4. The molecular weight excluding hydrogens is 723 g/mol. The normalized spacial score (nSPS) is 29.1. The zero-order chi connectivity index (χ0) is 39.3. The van der Waals surface area contributed by atoms with E-state index < -0.39 is 67.7 Å². The molecule has 1 spiro atoms. The number of sulfonamides is 1. The van der Waals surface area contributed by atoms with Gasteiger partial charge in [0.05, 0.1) is 29.1 Å². The minimum atomic E-state index is -3.99. The lowest BCUT2D eigenvalue weighted by molar-refractivity contribution is -0.144. The number of nitrogens with one attached hydrogen (secondary N) is 3. The second-order valence-electron chi connectivity index (χ2n) is 17.2. The van der Waals surface area contributed by atoms with E-state index in [9.17, 15) is 27.6 Å². The number of allylic oxidation sites excluding steroid dienone is 1. The molecule has 0 bridgehead atoms. The monoisotopic (exact) mass is 777 g/mol. The van der Waals surface area contributed by atoms with E-state index in [-0.39, 0.29) is 31.9 Å². The van der Waals surface area contributed by atoms with E-state index in [1.807, 2.05) is 52.0 Å². The van der Waals surface area contributed by atoms with Gasteiger partial charge in [0.15, 0.2) is 0 Å². The topological polar surface area (TPSA) is 173 Å². The molecule has 3 aliphatic heterocycles. The number of carbonyl (C=O) groups excluding carboxylic acids is 4. The lowest BCUT2D eigenvalue weighted by atomic mass is 9.65. The number of fused-ring (bicyclic) bond motifs is 5. The highest BCUT2D eigenvalue weighted by Crippen LogP contribution is 2.47. The smallest absolute Gasteiger partial charge is 0.407 e. The first-order valence-electron chi connectivity index (χ1n) is 19.9. The summed E-state index contributed by atoms with van der Waals surface area (Å²) < 4.78 is 40.2. The molecule has 7 rings (SSSR count). The predicted octanol–water partition coefficient (Wildman–Crippen LogP) is 5.05. The first kappa shape index (κ1) is 39.1. The second kappa shape index (κ2) is 14.7. The second-order valence-corrected chi connectivity index (χ2v) is 19.4. The third kappa shape index (κ3) is 7.55. The Morgan fingerprint density at radius 3 is 2.58 bits per heavy atom. The van der Waals surface area contributed by atoms with Crippen LogP contribution in [0, 0.1) is 25.7 Å². The van der Waals surface area contributed by atoms with Gasteiger partial charge in [0, 0.05) is 23.3 Å². The van der Waals surface area contributed by atoms with Gasteiger partial charge in [0.1, 0.15) is 29.0 Å². The largest absolute Gasteiger partial charge is 0.483 e. The van der Waals surface area contributed by atoms with Crippen LogP contribution < -0.4 is 20.1 Å². The maximum atomic E-state index is 14.8. The van der Waals surface area contributed by atoms with Crippen molar-refractivity contribution in [2.24, 2.45) is 11.8 Å². The van der Waals surface area contributed by atoms with Crippen LogP contribution in [0.5, 0.6) is 5.75 Å². The van der Waals surface area contributed by atoms with E-state index in [4.69, 9.17) is 14.5 Å². The molecule has 1 saturated heterocycles. The maximum Gasteiger partial charge on any atom is 0.407 e. The quantitative estimate of drug-likeness (QED) is 0.340. The first-order valence-corrected chi connectivity index (χ1v) is 21.4. The molecule has 14 heteroatoms. The molecule has 5 unspecified atom stereocenters. The number of hydrogen-bond donors (Lipinski definition) is 3. The minimum Gasteiger partial charge on any atom is -0.483 e. The number of alkyl carbamates (subject to hydrolysis) is 1. The fourth-order valence-electron chi connectivity index (χ4n) is 8.60. The van der Waals surface area contributed by atoms with Gasteiger partial charge in [-0.15, -0.1) is 0 Å². The minimum absolute atomic E-state index is 0.0726. The molecule has 3 fully saturated rings. The van der Waals surface area contributed by atoms with Crippen LogP contribution in [-0.4, -0.2) is 83.2 Å². The highest BCUT2D eigenvalue weighted by molar-refractivity contribution is 7.91. The molecule has 55 heavy (non-hydrogen) atoms. The van der Waals surface area contributed by atoms with Gasteiger partial charge in [-0.2, -0.15) is 0 Å². The molecule has 4 amide bonds. The molecule has 13 nitrogen and oxygen atoms in total. The third-order valence-electron chi connectivity index (χ3n) is 12.4. The molecule has 2 aromatic rings. The number of nitrogens with zero attached hydrogens (tertiary/aromatic N) is 2. The Labute approximate surface area is 323 Å². The van der Waals surface area contributed by atoms with Crippen molar-refractivity contribution < 1.29 is 37.1 Å². The molecule has 298 valence electrons. The summed E-state index contributed by atoms with van der Waals surface area (Å²) in [4.78, 5) is 63.0. The van der Waals surface area contributed by atoms with E-state index >= 15 is 0 Å². The Morgan fingerprint density at radius 2 is 1.87 bits per heavy atom. The standard InChI is InChI=1S/C41H55N5O8S/c1-25(2)23-53-38(50)43-32-12-10-8-6-7-9-11-28-15-18-41(28,37(49)45-55(51,52)39(5)19-20-39)44-35(47)33-22-40(24-46(33)36(32)48)17-16-29-30-21-26(3)13-14-31(30)42-27(4)34(29)54-40/h9,11,13-14,21,25,28,32-33H,6-8,10,12,15-20,22-24H2,1-5H3,(H,43,50)(H,44,47)(H,45,49). The van der Waals surface area contributed by atoms with Crippen LogP contribution in [0.1, 0.15) is 108 Å². The number of benzene rings is 1. The first-order chi connectivity index (χ1) is 26.1. The van der Waals surface area contributed by atoms with Gasteiger partial charge in [-0.1, -0.05) is 50.5 Å². The number of aromatic nitrogens is 1. The van der Waals surface area contributed by atoms with E-state index in [0.29, 0.717) is 62.8 Å². The maximum absolute atomic E-state index is 14.8. The summed E-state index contributed by atoms with van der Waals surface area (Å²) in [5, 5.41) is 6.83. The van der Waals surface area contributed by atoms with Gasteiger partial charge in [-0.25, -0.2) is 18.2 Å². The molecule has 1 aromatic carbocycles. The van der Waals surface area contributed by atoms with Crippen LogP contribution in [0.25, 0.3) is 10.9 Å². The molecule has 1 aromatic heterocycles. The van der Waals surface area contributed by atoms with Crippen LogP contribution in [0.2, 0.25) is 0 Å². The summed E-state index contributed by atoms with van der Waals surface area (Å²) in [6, 6.07) is 4.10. The number of rotatable bonds is 6. The molecule has 5 atom stereocenters. The summed E-state index contributed by atoms with van der Waals surface area (Å²) >= 11 is 0. The van der Waals surface area contributed by atoms with Crippen LogP contribution >= 0.6 is 0 Å². The van der Waals surface area contributed by atoms with Crippen molar-refractivity contribution in [3.8, 4) is 5.75 Å². The van der Waals surface area contributed by atoms with E-state index in [0.717, 1.165) is 34.9 Å². The number of pyridine rings is 1. The van der Waals surface area contributed by atoms with Gasteiger partial charge in [0.25, 0.3) is 5.91 Å². The van der Waals surface area contributed by atoms with Crippen LogP contribution in [-0.2, 0) is 35.6 Å². The Balaban J connectivity index is 1.24. The Kier molecular flexibility index (Phi) is 10.4. The van der Waals surface area contributed by atoms with E-state index in [2.05, 4.69) is 21.4 Å². The highest BCUT2D eigenvalue weighted by Gasteiger charge is 2.59. The number of ether oxygens (including phenoxy) is 2. The number of aryl methyl sites for hydroxylation is 3. The fraction of sp³-hybridized carbons (Fsp3) is 0.634. The zero-order valence-corrected chi connectivity index (χ0v) is 33.5. The van der Waals surface area contributed by atoms with Crippen molar-refractivity contribution in [3.63, 3.8) is 0 Å². The van der Waals surface area contributed by atoms with Gasteiger partial charge in [0.2, 0.25) is 21.8 Å². The lowest BCUT2D eigenvalue weighted by Gasteiger charge is -2.48. The fourth-order valence-corrected chi connectivity index (χ4v) is 9.92. The summed E-state index contributed by atoms with van der Waals surface area (Å²) in [7, 11) is -3.99. The average Bonchev–Trinajstić information content (AvgIpc) is 3.79. The third-order valence-corrected chi connectivity index (χ3v) is 14.6. The van der Waals surface area contributed by atoms with Gasteiger partial charge in [-0.05, 0) is 96.6 Å². The lowest BCUT2D eigenvalue weighted by Crippen LogP contribution is -2.70. The summed E-state index contributed by atoms with van der Waals surface area (Å²) in [5.41, 5.74) is 1.24. The molecule has 2 aliphatic carbocycles. The van der Waals surface area contributed by atoms with Crippen LogP contribution in [0.3, 0.4) is 0 Å². The van der Waals surface area contributed by atoms with Crippen molar-refractivity contribution in [1.29, 1.82) is 0 Å². The van der Waals surface area contributed by atoms with Crippen molar-refractivity contribution in [1.82, 2.24) is 25.2 Å². The van der Waals surface area contributed by atoms with Crippen LogP contribution in [0.4, 0.5) is 4.79 Å². The van der Waals surface area contributed by atoms with Gasteiger partial charge in [-0.3, -0.25) is 19.1 Å². The highest BCUT2D eigenvalue weighted by atomic mass is 32.2. The van der Waals surface area contributed by atoms with Crippen molar-refractivity contribution in [3.05, 3.63) is 47.2 Å². The van der Waals surface area contributed by atoms with Crippen molar-refractivity contribution in [2.45, 2.75) is 140 Å². The Hall–Kier alpha value is -4.20. The SMILES string of the molecule is Cc1ccc2nc(C)c3c(c2c1)CCC1(CC2C(=O)NC4(C(=O)NS(=O)(=O)C5(C)CC5)CCC4C=CCCCCCC(NC(=O)OCC(C)C)C(=O)N2C1)O3. The Bertz CT molecular complexity index is 2030. The van der Waals surface area contributed by atoms with E-state index in [1.54, 1.807) is 6.92 Å². The zero-order valence-electron chi connectivity index (χ0n) is 32.7. The molecule has 4 heterocycles. The summed E-state index contributed by atoms with van der Waals surface area (Å²) in [6.07, 6.45) is 9.53.